The number of likely N-dealkylation sites (tertiary alicyclic amines) is 1. The minimum Gasteiger partial charge on any atom is -0.314 e. The Hall–Kier alpha value is -1.69. The topological polar surface area (TPSA) is 51.8 Å². The zero-order valence-electron chi connectivity index (χ0n) is 14.7. The fraction of sp³-hybridized carbons (Fsp3) is 0.722. The Morgan fingerprint density at radius 3 is 3.00 bits per heavy atom. The van der Waals surface area contributed by atoms with Gasteiger partial charge in [0.2, 0.25) is 0 Å². The number of hydrogen-bond acceptors (Lipinski definition) is 4. The molecule has 1 unspecified atom stereocenters. The van der Waals surface area contributed by atoms with Crippen molar-refractivity contribution in [1.29, 1.82) is 0 Å². The average Bonchev–Trinajstić information content (AvgIpc) is 3.29. The lowest BCUT2D eigenvalue weighted by atomic mass is 10.2. The van der Waals surface area contributed by atoms with Crippen LogP contribution in [0.25, 0.3) is 0 Å². The van der Waals surface area contributed by atoms with Gasteiger partial charge in [-0.2, -0.15) is 5.10 Å². The van der Waals surface area contributed by atoms with Crippen LogP contribution in [-0.4, -0.2) is 42.5 Å². The van der Waals surface area contributed by atoms with E-state index in [1.807, 2.05) is 6.20 Å². The van der Waals surface area contributed by atoms with Gasteiger partial charge in [0.1, 0.15) is 11.6 Å². The van der Waals surface area contributed by atoms with Crippen LogP contribution in [0.1, 0.15) is 62.4 Å². The van der Waals surface area contributed by atoms with Gasteiger partial charge in [0.15, 0.2) is 0 Å². The normalized spacial score (nSPS) is 21.8. The largest absolute Gasteiger partial charge is 0.314 e. The number of rotatable bonds is 5. The SMILES string of the molecule is CCn1nccc1CCN1CCCC1c1nnc2n1CCCCC2. The third-order valence-corrected chi connectivity index (χ3v) is 5.56. The number of hydrogen-bond donors (Lipinski definition) is 0. The molecule has 6 nitrogen and oxygen atoms in total. The molecular weight excluding hydrogens is 300 g/mol. The van der Waals surface area contributed by atoms with Crippen LogP contribution in [0.15, 0.2) is 12.3 Å². The summed E-state index contributed by atoms with van der Waals surface area (Å²) in [5.41, 5.74) is 1.34. The van der Waals surface area contributed by atoms with Crippen LogP contribution in [-0.2, 0) is 25.9 Å². The van der Waals surface area contributed by atoms with Crippen molar-refractivity contribution in [2.75, 3.05) is 13.1 Å². The molecule has 0 saturated carbocycles. The second-order valence-corrected chi connectivity index (χ2v) is 7.02. The fourth-order valence-electron chi connectivity index (χ4n) is 4.26. The highest BCUT2D eigenvalue weighted by molar-refractivity contribution is 5.07. The maximum Gasteiger partial charge on any atom is 0.150 e. The van der Waals surface area contributed by atoms with Crippen molar-refractivity contribution < 1.29 is 0 Å². The summed E-state index contributed by atoms with van der Waals surface area (Å²) in [7, 11) is 0. The molecule has 2 aliphatic heterocycles. The Labute approximate surface area is 143 Å². The first-order chi connectivity index (χ1) is 11.9. The van der Waals surface area contributed by atoms with Crippen LogP contribution in [0.2, 0.25) is 0 Å². The molecule has 0 amide bonds. The molecule has 130 valence electrons. The molecule has 2 aromatic heterocycles. The lowest BCUT2D eigenvalue weighted by Crippen LogP contribution is -2.28. The molecule has 1 saturated heterocycles. The Balaban J connectivity index is 1.48. The molecule has 0 N–H and O–H groups in total. The molecule has 4 heterocycles. The van der Waals surface area contributed by atoms with Gasteiger partial charge in [0.25, 0.3) is 0 Å². The third kappa shape index (κ3) is 2.99. The van der Waals surface area contributed by atoms with E-state index < -0.39 is 0 Å². The first-order valence-electron chi connectivity index (χ1n) is 9.53. The zero-order chi connectivity index (χ0) is 16.4. The number of aryl methyl sites for hydroxylation is 2. The van der Waals surface area contributed by atoms with E-state index in [4.69, 9.17) is 0 Å². The molecule has 0 aromatic carbocycles. The average molecular weight is 328 g/mol. The van der Waals surface area contributed by atoms with Gasteiger partial charge in [0.05, 0.1) is 6.04 Å². The van der Waals surface area contributed by atoms with Gasteiger partial charge >= 0.3 is 0 Å². The maximum absolute atomic E-state index is 4.60. The van der Waals surface area contributed by atoms with E-state index >= 15 is 0 Å². The molecule has 6 heteroatoms. The van der Waals surface area contributed by atoms with E-state index in [0.717, 1.165) is 32.5 Å². The molecule has 0 aliphatic carbocycles. The van der Waals surface area contributed by atoms with Crippen molar-refractivity contribution >= 4 is 0 Å². The van der Waals surface area contributed by atoms with Crippen LogP contribution < -0.4 is 0 Å². The molecule has 0 radical (unpaired) electrons. The summed E-state index contributed by atoms with van der Waals surface area (Å²) in [4.78, 5) is 2.61. The van der Waals surface area contributed by atoms with Crippen molar-refractivity contribution in [2.45, 2.75) is 71.0 Å². The highest BCUT2D eigenvalue weighted by Crippen LogP contribution is 2.32. The Bertz CT molecular complexity index is 673. The van der Waals surface area contributed by atoms with Gasteiger partial charge in [0, 0.05) is 44.4 Å². The van der Waals surface area contributed by atoms with E-state index in [2.05, 4.69) is 42.4 Å². The van der Waals surface area contributed by atoms with Crippen LogP contribution in [0.3, 0.4) is 0 Å². The maximum atomic E-state index is 4.60. The first kappa shape index (κ1) is 15.8. The van der Waals surface area contributed by atoms with E-state index in [0.29, 0.717) is 6.04 Å². The molecule has 0 spiro atoms. The van der Waals surface area contributed by atoms with Crippen molar-refractivity contribution in [3.05, 3.63) is 29.6 Å². The van der Waals surface area contributed by atoms with Crippen LogP contribution in [0, 0.1) is 0 Å². The summed E-state index contributed by atoms with van der Waals surface area (Å²) in [6, 6.07) is 2.60. The summed E-state index contributed by atoms with van der Waals surface area (Å²) >= 11 is 0. The molecule has 1 fully saturated rings. The minimum absolute atomic E-state index is 0.447. The smallest absolute Gasteiger partial charge is 0.150 e. The summed E-state index contributed by atoms with van der Waals surface area (Å²) in [6.07, 6.45) is 10.4. The van der Waals surface area contributed by atoms with Crippen LogP contribution >= 0.6 is 0 Å². The Kier molecular flexibility index (Phi) is 4.65. The molecular formula is C18H28N6. The number of fused-ring (bicyclic) bond motifs is 1. The van der Waals surface area contributed by atoms with Gasteiger partial charge in [-0.3, -0.25) is 9.58 Å². The molecule has 2 aliphatic rings. The molecule has 2 aromatic rings. The van der Waals surface area contributed by atoms with E-state index in [-0.39, 0.29) is 0 Å². The molecule has 24 heavy (non-hydrogen) atoms. The van der Waals surface area contributed by atoms with Crippen LogP contribution in [0.5, 0.6) is 0 Å². The quantitative estimate of drug-likeness (QED) is 0.846. The lowest BCUT2D eigenvalue weighted by Gasteiger charge is -2.24. The molecule has 1 atom stereocenters. The summed E-state index contributed by atoms with van der Waals surface area (Å²) in [5.74, 6) is 2.42. The second kappa shape index (κ2) is 7.05. The molecule has 4 rings (SSSR count). The van der Waals surface area contributed by atoms with Gasteiger partial charge in [-0.05, 0) is 45.2 Å². The van der Waals surface area contributed by atoms with Crippen molar-refractivity contribution in [1.82, 2.24) is 29.4 Å². The van der Waals surface area contributed by atoms with Crippen LogP contribution in [0.4, 0.5) is 0 Å². The van der Waals surface area contributed by atoms with Gasteiger partial charge in [-0.1, -0.05) is 6.42 Å². The number of nitrogens with zero attached hydrogens (tertiary/aromatic N) is 6. The van der Waals surface area contributed by atoms with E-state index in [1.165, 1.54) is 56.0 Å². The van der Waals surface area contributed by atoms with Gasteiger partial charge in [-0.25, -0.2) is 0 Å². The Morgan fingerprint density at radius 1 is 1.12 bits per heavy atom. The van der Waals surface area contributed by atoms with Crippen molar-refractivity contribution in [3.63, 3.8) is 0 Å². The van der Waals surface area contributed by atoms with E-state index in [9.17, 15) is 0 Å². The summed E-state index contributed by atoms with van der Waals surface area (Å²) in [6.45, 7) is 6.46. The predicted molar refractivity (Wildman–Crippen MR) is 92.7 cm³/mol. The minimum atomic E-state index is 0.447. The first-order valence-corrected chi connectivity index (χ1v) is 9.53. The van der Waals surface area contributed by atoms with Gasteiger partial charge < -0.3 is 4.57 Å². The highest BCUT2D eigenvalue weighted by Gasteiger charge is 2.31. The van der Waals surface area contributed by atoms with Gasteiger partial charge in [-0.15, -0.1) is 10.2 Å². The third-order valence-electron chi connectivity index (χ3n) is 5.56. The zero-order valence-corrected chi connectivity index (χ0v) is 14.7. The predicted octanol–water partition coefficient (Wildman–Crippen LogP) is 2.60. The standard InChI is InChI=1S/C18H28N6/c1-2-24-15(9-11-19-24)10-14-22-12-6-7-16(22)18-21-20-17-8-4-3-5-13-23(17)18/h9,11,16H,2-8,10,12-14H2,1H3. The molecule has 0 bridgehead atoms. The summed E-state index contributed by atoms with van der Waals surface area (Å²) < 4.78 is 4.53. The Morgan fingerprint density at radius 2 is 2.08 bits per heavy atom. The fourth-order valence-corrected chi connectivity index (χ4v) is 4.26. The van der Waals surface area contributed by atoms with Crippen molar-refractivity contribution in [2.24, 2.45) is 0 Å². The summed E-state index contributed by atoms with van der Waals surface area (Å²) in [5, 5.41) is 13.5. The van der Waals surface area contributed by atoms with Crippen molar-refractivity contribution in [3.8, 4) is 0 Å². The monoisotopic (exact) mass is 328 g/mol. The van der Waals surface area contributed by atoms with E-state index in [1.54, 1.807) is 0 Å². The second-order valence-electron chi connectivity index (χ2n) is 7.02. The highest BCUT2D eigenvalue weighted by atomic mass is 15.3. The number of aromatic nitrogens is 5. The lowest BCUT2D eigenvalue weighted by molar-refractivity contribution is 0.243.